The number of rotatable bonds is 2. The smallest absolute Gasteiger partial charge is 0.235 e. The molecular weight excluding hydrogens is 202 g/mol. The van der Waals surface area contributed by atoms with Crippen molar-refractivity contribution in [2.24, 2.45) is 0 Å². The summed E-state index contributed by atoms with van der Waals surface area (Å²) in [7, 11) is 2.64. The van der Waals surface area contributed by atoms with Crippen molar-refractivity contribution < 1.29 is 9.53 Å². The second kappa shape index (κ2) is 5.18. The van der Waals surface area contributed by atoms with Crippen LogP contribution in [0.1, 0.15) is 6.42 Å². The van der Waals surface area contributed by atoms with E-state index >= 15 is 0 Å². The number of hydrogen-bond acceptors (Lipinski definition) is 5. The van der Waals surface area contributed by atoms with E-state index < -0.39 is 0 Å². The van der Waals surface area contributed by atoms with E-state index in [1.165, 1.54) is 20.8 Å². The summed E-state index contributed by atoms with van der Waals surface area (Å²) in [5, 5.41) is 0. The van der Waals surface area contributed by atoms with Gasteiger partial charge in [-0.1, -0.05) is 11.7 Å². The molecule has 1 fully saturated rings. The molecule has 0 atom stereocenters. The van der Waals surface area contributed by atoms with Crippen LogP contribution in [0, 0.1) is 0 Å². The molecule has 0 N–H and O–H groups in total. The monoisotopic (exact) mass is 211 g/mol. The Balaban J connectivity index is 2.39. The third-order valence-corrected chi connectivity index (χ3v) is 3.27. The minimum Gasteiger partial charge on any atom is -0.379 e. The first-order valence-corrected chi connectivity index (χ1v) is 6.37. The molecular formula is C5H9NO2S3. The van der Waals surface area contributed by atoms with Gasteiger partial charge in [0.05, 0.1) is 26.2 Å². The molecule has 1 heterocycles. The molecule has 1 aliphatic rings. The third kappa shape index (κ3) is 3.14. The highest BCUT2D eigenvalue weighted by molar-refractivity contribution is 9.05. The molecule has 0 unspecified atom stereocenters. The predicted molar refractivity (Wildman–Crippen MR) is 51.3 cm³/mol. The Morgan fingerprint density at radius 3 is 3.09 bits per heavy atom. The number of thiol groups is 1. The molecule has 0 aromatic rings. The van der Waals surface area contributed by atoms with Crippen molar-refractivity contribution >= 4 is 38.4 Å². The van der Waals surface area contributed by atoms with Crippen LogP contribution in [0.5, 0.6) is 0 Å². The fraction of sp³-hybridized carbons (Fsp3) is 0.800. The lowest BCUT2D eigenvalue weighted by atomic mass is 10.4. The minimum absolute atomic E-state index is 0.133. The lowest BCUT2D eigenvalue weighted by Crippen LogP contribution is -2.23. The van der Waals surface area contributed by atoms with Gasteiger partial charge in [0.1, 0.15) is 0 Å². The normalized spacial score (nSPS) is 20.1. The van der Waals surface area contributed by atoms with Crippen molar-refractivity contribution in [3.8, 4) is 0 Å². The molecule has 0 radical (unpaired) electrons. The maximum absolute atomic E-state index is 11.2. The number of carbonyl (C=O) groups excluding carboxylic acids is 1. The average Bonchev–Trinajstić information content (AvgIpc) is 2.18. The molecule has 0 aliphatic carbocycles. The Kier molecular flexibility index (Phi) is 4.51. The summed E-state index contributed by atoms with van der Waals surface area (Å²) in [6.45, 7) is 1.84. The Morgan fingerprint density at radius 2 is 2.36 bits per heavy atom. The van der Waals surface area contributed by atoms with Gasteiger partial charge in [0, 0.05) is 11.0 Å². The number of carbonyl (C=O) groups is 1. The van der Waals surface area contributed by atoms with E-state index in [9.17, 15) is 4.79 Å². The van der Waals surface area contributed by atoms with Crippen molar-refractivity contribution in [3.63, 3.8) is 0 Å². The van der Waals surface area contributed by atoms with Gasteiger partial charge >= 0.3 is 0 Å². The van der Waals surface area contributed by atoms with Gasteiger partial charge in [0.15, 0.2) is 0 Å². The van der Waals surface area contributed by atoms with E-state index in [4.69, 9.17) is 4.74 Å². The zero-order chi connectivity index (χ0) is 8.10. The van der Waals surface area contributed by atoms with Gasteiger partial charge in [-0.3, -0.25) is 9.10 Å². The molecule has 1 aliphatic heterocycles. The Bertz CT molecular complexity index is 144. The quantitative estimate of drug-likeness (QED) is 0.424. The van der Waals surface area contributed by atoms with Crippen LogP contribution in [0.4, 0.5) is 0 Å². The van der Waals surface area contributed by atoms with E-state index in [1.807, 2.05) is 0 Å². The lowest BCUT2D eigenvalue weighted by molar-refractivity contribution is -0.125. The van der Waals surface area contributed by atoms with Gasteiger partial charge in [-0.15, -0.1) is 0 Å². The highest BCUT2D eigenvalue weighted by Crippen LogP contribution is 2.29. The highest BCUT2D eigenvalue weighted by atomic mass is 33.5. The molecule has 1 amide bonds. The first kappa shape index (κ1) is 9.57. The zero-order valence-corrected chi connectivity index (χ0v) is 8.38. The molecule has 64 valence electrons. The summed E-state index contributed by atoms with van der Waals surface area (Å²) < 4.78 is 6.82. The molecule has 11 heavy (non-hydrogen) atoms. The fourth-order valence-electron chi connectivity index (χ4n) is 0.777. The Morgan fingerprint density at radius 1 is 1.55 bits per heavy atom. The van der Waals surface area contributed by atoms with Crippen molar-refractivity contribution in [2.75, 3.05) is 19.8 Å². The van der Waals surface area contributed by atoms with Crippen LogP contribution in [0.25, 0.3) is 0 Å². The van der Waals surface area contributed by atoms with E-state index in [0.29, 0.717) is 26.2 Å². The van der Waals surface area contributed by atoms with Gasteiger partial charge in [-0.05, 0) is 9.83 Å². The van der Waals surface area contributed by atoms with Gasteiger partial charge in [0.2, 0.25) is 5.91 Å². The van der Waals surface area contributed by atoms with Crippen LogP contribution in [0.15, 0.2) is 0 Å². The Hall–Kier alpha value is 0.480. The third-order valence-electron chi connectivity index (χ3n) is 1.30. The van der Waals surface area contributed by atoms with E-state index in [-0.39, 0.29) is 5.91 Å². The standard InChI is InChI=1S/C5H9NO2S3/c7-5-1-3-8-4-2-6(5)10-11-9/h9H,1-4H2. The van der Waals surface area contributed by atoms with E-state index in [0.717, 1.165) is 0 Å². The topological polar surface area (TPSA) is 29.5 Å². The number of hydrogen-bond donors (Lipinski definition) is 1. The van der Waals surface area contributed by atoms with E-state index in [2.05, 4.69) is 11.7 Å². The molecule has 1 saturated heterocycles. The van der Waals surface area contributed by atoms with Crippen molar-refractivity contribution in [3.05, 3.63) is 0 Å². The van der Waals surface area contributed by atoms with Gasteiger partial charge < -0.3 is 4.74 Å². The SMILES string of the molecule is O=C1CCOCCN1SSS. The van der Waals surface area contributed by atoms with Crippen LogP contribution in [0.3, 0.4) is 0 Å². The van der Waals surface area contributed by atoms with Crippen LogP contribution < -0.4 is 0 Å². The first-order chi connectivity index (χ1) is 5.34. The van der Waals surface area contributed by atoms with Crippen molar-refractivity contribution in [1.29, 1.82) is 0 Å². The first-order valence-electron chi connectivity index (χ1n) is 3.21. The predicted octanol–water partition coefficient (Wildman–Crippen LogP) is 1.38. The maximum atomic E-state index is 11.2. The molecule has 1 rings (SSSR count). The lowest BCUT2D eigenvalue weighted by Gasteiger charge is -2.14. The summed E-state index contributed by atoms with van der Waals surface area (Å²) in [6, 6.07) is 0. The largest absolute Gasteiger partial charge is 0.379 e. The number of nitrogens with zero attached hydrogens (tertiary/aromatic N) is 1. The molecule has 6 heteroatoms. The molecule has 0 aromatic heterocycles. The van der Waals surface area contributed by atoms with Crippen LogP contribution in [-0.2, 0) is 9.53 Å². The molecule has 0 aromatic carbocycles. The maximum Gasteiger partial charge on any atom is 0.235 e. The van der Waals surface area contributed by atoms with Crippen LogP contribution in [-0.4, -0.2) is 30.0 Å². The molecule has 0 bridgehead atoms. The summed E-state index contributed by atoms with van der Waals surface area (Å²) >= 11 is 3.95. The van der Waals surface area contributed by atoms with Crippen LogP contribution in [0.2, 0.25) is 0 Å². The molecule has 3 nitrogen and oxygen atoms in total. The van der Waals surface area contributed by atoms with Crippen molar-refractivity contribution in [1.82, 2.24) is 4.31 Å². The summed E-state index contributed by atoms with van der Waals surface area (Å²) in [5.74, 6) is 0.133. The van der Waals surface area contributed by atoms with Crippen LogP contribution >= 0.6 is 32.5 Å². The molecule has 0 spiro atoms. The second-order valence-electron chi connectivity index (χ2n) is 2.01. The second-order valence-corrected chi connectivity index (χ2v) is 4.98. The van der Waals surface area contributed by atoms with Crippen molar-refractivity contribution in [2.45, 2.75) is 6.42 Å². The zero-order valence-electron chi connectivity index (χ0n) is 5.86. The van der Waals surface area contributed by atoms with E-state index in [1.54, 1.807) is 4.31 Å². The number of amides is 1. The minimum atomic E-state index is 0.133. The summed E-state index contributed by atoms with van der Waals surface area (Å²) in [6.07, 6.45) is 0.487. The fourth-order valence-corrected chi connectivity index (χ4v) is 2.62. The summed E-state index contributed by atoms with van der Waals surface area (Å²) in [5.41, 5.74) is 0. The molecule has 0 saturated carbocycles. The average molecular weight is 211 g/mol. The van der Waals surface area contributed by atoms with Gasteiger partial charge in [-0.25, -0.2) is 0 Å². The Labute approximate surface area is 78.6 Å². The van der Waals surface area contributed by atoms with Gasteiger partial charge in [-0.2, -0.15) is 0 Å². The van der Waals surface area contributed by atoms with Gasteiger partial charge in [0.25, 0.3) is 0 Å². The number of ether oxygens (including phenoxy) is 1. The highest BCUT2D eigenvalue weighted by Gasteiger charge is 2.16. The summed E-state index contributed by atoms with van der Waals surface area (Å²) in [4.78, 5) is 11.2.